The molecular formula is C31H46F18O6S2. The van der Waals surface area contributed by atoms with E-state index in [9.17, 15) is 95.9 Å². The predicted molar refractivity (Wildman–Crippen MR) is 169 cm³/mol. The molecule has 3 atom stereocenters. The zero-order valence-electron chi connectivity index (χ0n) is 30.8. The number of rotatable bonds is 29. The molecule has 0 amide bonds. The summed E-state index contributed by atoms with van der Waals surface area (Å²) in [7, 11) is -9.23. The molecule has 0 saturated heterocycles. The van der Waals surface area contributed by atoms with Gasteiger partial charge in [-0.15, -0.1) is 0 Å². The first-order valence-corrected chi connectivity index (χ1v) is 20.6. The van der Waals surface area contributed by atoms with Crippen LogP contribution in [-0.4, -0.2) is 87.9 Å². The number of unbranched alkanes of at least 4 members (excludes halogenated alkanes) is 6. The minimum atomic E-state index is -7.05. The Morgan fingerprint density at radius 1 is 0.439 bits per heavy atom. The van der Waals surface area contributed by atoms with Gasteiger partial charge in [0.1, 0.15) is 0 Å². The normalized spacial score (nSPS) is 16.5. The van der Waals surface area contributed by atoms with Crippen molar-refractivity contribution >= 4 is 20.2 Å². The fraction of sp³-hybridized carbons (Fsp3) is 1.00. The summed E-state index contributed by atoms with van der Waals surface area (Å²) in [4.78, 5) is 0. The second-order valence-electron chi connectivity index (χ2n) is 13.6. The van der Waals surface area contributed by atoms with Crippen molar-refractivity contribution in [3.8, 4) is 0 Å². The summed E-state index contributed by atoms with van der Waals surface area (Å²) in [5.74, 6) is -39.3. The van der Waals surface area contributed by atoms with Crippen molar-refractivity contribution in [1.82, 2.24) is 0 Å². The molecule has 0 saturated carbocycles. The Morgan fingerprint density at radius 3 is 1.07 bits per heavy atom. The maximum Gasteiger partial charge on any atom is 0.460 e. The van der Waals surface area contributed by atoms with E-state index in [2.05, 4.69) is 0 Å². The smallest absolute Gasteiger partial charge is 0.267 e. The molecule has 0 aromatic rings. The van der Waals surface area contributed by atoms with Crippen molar-refractivity contribution in [2.24, 2.45) is 0 Å². The van der Waals surface area contributed by atoms with Crippen molar-refractivity contribution in [2.45, 2.75) is 188 Å². The van der Waals surface area contributed by atoms with Crippen molar-refractivity contribution < 1.29 is 104 Å². The third kappa shape index (κ3) is 14.6. The van der Waals surface area contributed by atoms with Gasteiger partial charge >= 0.3 is 47.9 Å². The van der Waals surface area contributed by atoms with E-state index in [1.54, 1.807) is 13.8 Å². The van der Waals surface area contributed by atoms with E-state index < -0.39 is 130 Å². The molecule has 344 valence electrons. The molecule has 0 bridgehead atoms. The molecule has 0 rings (SSSR count). The third-order valence-electron chi connectivity index (χ3n) is 8.79. The van der Waals surface area contributed by atoms with Gasteiger partial charge in [0, 0.05) is 12.8 Å². The van der Waals surface area contributed by atoms with Gasteiger partial charge in [-0.05, 0) is 45.4 Å². The van der Waals surface area contributed by atoms with Crippen molar-refractivity contribution in [3.63, 3.8) is 0 Å². The lowest BCUT2D eigenvalue weighted by Gasteiger charge is -2.33. The molecule has 0 spiro atoms. The first-order valence-electron chi connectivity index (χ1n) is 17.6. The summed E-state index contributed by atoms with van der Waals surface area (Å²) in [5.41, 5.74) is 0. The van der Waals surface area contributed by atoms with Gasteiger partial charge in [-0.3, -0.25) is 8.37 Å². The highest BCUT2D eigenvalue weighted by molar-refractivity contribution is 7.87. The lowest BCUT2D eigenvalue weighted by molar-refractivity contribution is -0.396. The lowest BCUT2D eigenvalue weighted by Crippen LogP contribution is -2.60. The van der Waals surface area contributed by atoms with Crippen molar-refractivity contribution in [2.75, 3.05) is 6.61 Å². The molecule has 26 heteroatoms. The number of alkyl halides is 18. The maximum atomic E-state index is 13.8. The molecule has 3 unspecified atom stereocenters. The van der Waals surface area contributed by atoms with Gasteiger partial charge in [-0.1, -0.05) is 65.2 Å². The van der Waals surface area contributed by atoms with Crippen molar-refractivity contribution in [3.05, 3.63) is 0 Å². The lowest BCUT2D eigenvalue weighted by atomic mass is 9.97. The van der Waals surface area contributed by atoms with Crippen LogP contribution < -0.4 is 0 Å². The van der Waals surface area contributed by atoms with Crippen molar-refractivity contribution in [1.29, 1.82) is 0 Å². The van der Waals surface area contributed by atoms with Gasteiger partial charge in [-0.2, -0.15) is 95.9 Å². The predicted octanol–water partition coefficient (Wildman–Crippen LogP) is 12.0. The molecule has 0 N–H and O–H groups in total. The Kier molecular flexibility index (Phi) is 20.4. The van der Waals surface area contributed by atoms with Crippen LogP contribution in [0.5, 0.6) is 0 Å². The molecular weight excluding hydrogens is 874 g/mol. The van der Waals surface area contributed by atoms with Gasteiger partial charge in [-0.25, -0.2) is 0 Å². The molecule has 57 heavy (non-hydrogen) atoms. The largest absolute Gasteiger partial charge is 0.460 e. The Balaban J connectivity index is 5.40. The summed E-state index contributed by atoms with van der Waals surface area (Å²) < 4.78 is 297. The Hall–Kier alpha value is -1.44. The van der Waals surface area contributed by atoms with E-state index in [0.717, 1.165) is 6.92 Å². The van der Waals surface area contributed by atoms with Crippen LogP contribution in [0.4, 0.5) is 79.0 Å². The fourth-order valence-electron chi connectivity index (χ4n) is 5.27. The minimum absolute atomic E-state index is 0.119. The quantitative estimate of drug-likeness (QED) is 0.0422. The summed E-state index contributed by atoms with van der Waals surface area (Å²) >= 11 is 0. The maximum absolute atomic E-state index is 13.8. The van der Waals surface area contributed by atoms with E-state index >= 15 is 0 Å². The van der Waals surface area contributed by atoms with E-state index in [4.69, 9.17) is 8.37 Å². The zero-order chi connectivity index (χ0) is 45.2. The molecule has 0 aromatic heterocycles. The highest BCUT2D eigenvalue weighted by Gasteiger charge is 2.82. The van der Waals surface area contributed by atoms with Crippen LogP contribution in [0.25, 0.3) is 0 Å². The minimum Gasteiger partial charge on any atom is -0.267 e. The standard InChI is InChI=1S/C31H46F18O6S2/c1-4-6-14-22(16-10-8-12-18-24(32,33)26(36,37)28(40,41)30(44,45)46)56(50,51)54-20-21(3)55-57(52,53)23(15-7-5-2)17-11-9-13-19-25(34,35)27(38,39)29(42,43)31(47,48)49/h21-23H,4-20H2,1-3H3. The van der Waals surface area contributed by atoms with Gasteiger partial charge in [0.15, 0.2) is 0 Å². The van der Waals surface area contributed by atoms with E-state index in [0.29, 0.717) is 12.8 Å². The summed E-state index contributed by atoms with van der Waals surface area (Å²) in [6, 6.07) is 0. The van der Waals surface area contributed by atoms with Gasteiger partial charge < -0.3 is 0 Å². The second-order valence-corrected chi connectivity index (χ2v) is 17.3. The second kappa shape index (κ2) is 20.9. The molecule has 0 radical (unpaired) electrons. The number of hydrogen-bond acceptors (Lipinski definition) is 6. The average molecular weight is 921 g/mol. The Morgan fingerprint density at radius 2 is 0.754 bits per heavy atom. The first-order chi connectivity index (χ1) is 25.4. The Bertz CT molecular complexity index is 1420. The van der Waals surface area contributed by atoms with Crippen LogP contribution in [0.15, 0.2) is 0 Å². The Labute approximate surface area is 319 Å². The third-order valence-corrected chi connectivity index (χ3v) is 12.4. The molecule has 0 aliphatic heterocycles. The van der Waals surface area contributed by atoms with Crippen LogP contribution in [0.3, 0.4) is 0 Å². The van der Waals surface area contributed by atoms with Gasteiger partial charge in [0.2, 0.25) is 0 Å². The van der Waals surface area contributed by atoms with Gasteiger partial charge in [0.05, 0.1) is 23.2 Å². The van der Waals surface area contributed by atoms with Crippen LogP contribution in [0.1, 0.15) is 124 Å². The summed E-state index contributed by atoms with van der Waals surface area (Å²) in [5, 5.41) is -2.81. The van der Waals surface area contributed by atoms with Crippen LogP contribution >= 0.6 is 0 Å². The highest BCUT2D eigenvalue weighted by atomic mass is 32.2. The van der Waals surface area contributed by atoms with Gasteiger partial charge in [0.25, 0.3) is 20.2 Å². The first kappa shape index (κ1) is 55.6. The SMILES string of the molecule is CCCCC(CCCCCC(F)(F)C(F)(F)C(F)(F)C(F)(F)F)S(=O)(=O)OCC(C)OS(=O)(=O)C(CCCC)CCCCCC(F)(F)C(F)(F)C(F)(F)C(F)(F)F. The molecule has 0 aliphatic rings. The van der Waals surface area contributed by atoms with E-state index in [1.165, 1.54) is 0 Å². The van der Waals surface area contributed by atoms with E-state index in [-0.39, 0.29) is 51.4 Å². The average Bonchev–Trinajstić information content (AvgIpc) is 3.04. The fourth-order valence-corrected chi connectivity index (χ4v) is 8.34. The van der Waals surface area contributed by atoms with Crippen LogP contribution in [0.2, 0.25) is 0 Å². The molecule has 0 heterocycles. The van der Waals surface area contributed by atoms with Crippen LogP contribution in [0, 0.1) is 0 Å². The highest BCUT2D eigenvalue weighted by Crippen LogP contribution is 2.55. The summed E-state index contributed by atoms with van der Waals surface area (Å²) in [6.45, 7) is 3.41. The number of hydrogen-bond donors (Lipinski definition) is 0. The molecule has 0 aliphatic carbocycles. The number of halogens is 18. The summed E-state index contributed by atoms with van der Waals surface area (Å²) in [6.07, 6.45) is -23.1. The topological polar surface area (TPSA) is 86.7 Å². The molecule has 6 nitrogen and oxygen atoms in total. The molecule has 0 aromatic carbocycles. The van der Waals surface area contributed by atoms with Crippen LogP contribution in [-0.2, 0) is 28.6 Å². The molecule has 0 fully saturated rings. The monoisotopic (exact) mass is 920 g/mol. The van der Waals surface area contributed by atoms with E-state index in [1.807, 2.05) is 0 Å². The zero-order valence-corrected chi connectivity index (χ0v) is 32.5.